The molecule has 1 unspecified atom stereocenters. The molecular formula is C44H52BP. The Morgan fingerprint density at radius 2 is 0.783 bits per heavy atom. The van der Waals surface area contributed by atoms with Crippen LogP contribution in [-0.2, 0) is 0 Å². The second kappa shape index (κ2) is 15.5. The number of hydrogen-bond acceptors (Lipinski definition) is 0. The van der Waals surface area contributed by atoms with Gasteiger partial charge < -0.3 is 0 Å². The van der Waals surface area contributed by atoms with Crippen LogP contribution in [-0.4, -0.2) is 6.15 Å². The molecule has 5 aromatic carbocycles. The normalized spacial score (nSPS) is 16.0. The summed E-state index contributed by atoms with van der Waals surface area (Å²) < 4.78 is 0. The van der Waals surface area contributed by atoms with E-state index in [1.807, 2.05) is 0 Å². The van der Waals surface area contributed by atoms with Crippen molar-refractivity contribution in [1.29, 1.82) is 0 Å². The third-order valence-electron chi connectivity index (χ3n) is 11.2. The second-order valence-electron chi connectivity index (χ2n) is 14.0. The van der Waals surface area contributed by atoms with Crippen molar-refractivity contribution in [2.75, 3.05) is 0 Å². The van der Waals surface area contributed by atoms with E-state index in [-0.39, 0.29) is 0 Å². The van der Waals surface area contributed by atoms with Gasteiger partial charge in [0.2, 0.25) is 0 Å². The monoisotopic (exact) mass is 622 g/mol. The second-order valence-corrected chi connectivity index (χ2v) is 14.7. The van der Waals surface area contributed by atoms with Gasteiger partial charge in [-0.3, -0.25) is 0 Å². The van der Waals surface area contributed by atoms with Gasteiger partial charge in [-0.15, -0.1) is 0 Å². The van der Waals surface area contributed by atoms with E-state index < -0.39 is 6.15 Å². The topological polar surface area (TPSA) is 0 Å². The summed E-state index contributed by atoms with van der Waals surface area (Å²) in [7, 11) is 2.13. The first-order chi connectivity index (χ1) is 22.6. The molecule has 236 valence electrons. The van der Waals surface area contributed by atoms with Gasteiger partial charge in [0, 0.05) is 14.8 Å². The van der Waals surface area contributed by atoms with Crippen molar-refractivity contribution in [3.8, 4) is 0 Å². The minimum absolute atomic E-state index is 0.852. The fourth-order valence-corrected chi connectivity index (χ4v) is 10.1. The molecule has 0 heterocycles. The van der Waals surface area contributed by atoms with Gasteiger partial charge in [-0.2, -0.15) is 21.9 Å². The van der Waals surface area contributed by atoms with Crippen molar-refractivity contribution < 1.29 is 0 Å². The first-order valence-corrected chi connectivity index (χ1v) is 18.6. The van der Waals surface area contributed by atoms with Gasteiger partial charge >= 0.3 is 0 Å². The van der Waals surface area contributed by atoms with E-state index in [0.29, 0.717) is 0 Å². The lowest BCUT2D eigenvalue weighted by Gasteiger charge is -2.44. The van der Waals surface area contributed by atoms with Crippen LogP contribution in [0.3, 0.4) is 0 Å². The molecule has 0 nitrogen and oxygen atoms in total. The van der Waals surface area contributed by atoms with Gasteiger partial charge in [0.15, 0.2) is 0 Å². The van der Waals surface area contributed by atoms with Crippen molar-refractivity contribution in [3.05, 3.63) is 150 Å². The molecule has 2 heteroatoms. The van der Waals surface area contributed by atoms with Crippen LogP contribution in [0, 0.1) is 13.8 Å². The first-order valence-electron chi connectivity index (χ1n) is 17.9. The fraction of sp³-hybridized carbons (Fsp3) is 0.318. The predicted molar refractivity (Wildman–Crippen MR) is 208 cm³/mol. The van der Waals surface area contributed by atoms with Crippen molar-refractivity contribution in [3.63, 3.8) is 0 Å². The highest BCUT2D eigenvalue weighted by Gasteiger charge is 2.31. The molecule has 7 rings (SSSR count). The van der Waals surface area contributed by atoms with Crippen LogP contribution in [0.4, 0.5) is 0 Å². The van der Waals surface area contributed by atoms with E-state index in [1.54, 1.807) is 27.6 Å². The van der Waals surface area contributed by atoms with E-state index in [2.05, 4.69) is 150 Å². The maximum atomic E-state index is 2.51. The Morgan fingerprint density at radius 1 is 0.457 bits per heavy atom. The molecule has 0 N–H and O–H groups in total. The molecule has 46 heavy (non-hydrogen) atoms. The fourth-order valence-electron chi connectivity index (χ4n) is 9.20. The maximum Gasteiger partial charge on any atom is 0.108 e. The summed E-state index contributed by atoms with van der Waals surface area (Å²) in [5.74, 6) is 1.71. The first kappa shape index (κ1) is 32.5. The highest BCUT2D eigenvalue weighted by molar-refractivity contribution is 7.27. The van der Waals surface area contributed by atoms with Gasteiger partial charge in [-0.1, -0.05) is 160 Å². The highest BCUT2D eigenvalue weighted by Crippen LogP contribution is 2.41. The summed E-state index contributed by atoms with van der Waals surface area (Å²) in [6, 6.07) is 46.0. The maximum absolute atomic E-state index is 2.51. The van der Waals surface area contributed by atoms with Gasteiger partial charge in [-0.25, -0.2) is 0 Å². The third-order valence-corrected chi connectivity index (χ3v) is 11.8. The molecule has 2 aliphatic carbocycles. The van der Waals surface area contributed by atoms with Crippen molar-refractivity contribution in [2.45, 2.75) is 89.9 Å². The van der Waals surface area contributed by atoms with Crippen molar-refractivity contribution >= 4 is 42.5 Å². The van der Waals surface area contributed by atoms with E-state index >= 15 is 0 Å². The van der Waals surface area contributed by atoms with Gasteiger partial charge in [0.05, 0.1) is 5.30 Å². The average molecular weight is 623 g/mol. The minimum Gasteiger partial charge on any atom is -0.195 e. The average Bonchev–Trinajstić information content (AvgIpc) is 3.12. The summed E-state index contributed by atoms with van der Waals surface area (Å²) in [4.78, 5) is 0. The smallest absolute Gasteiger partial charge is 0.108 e. The molecule has 0 aliphatic heterocycles. The standard InChI is InChI=1S/C24H20B.C20H31P/c1-5-13-21(14-6-1)25(22-15-7-2-8-16-22,23-17-9-3-10-18-23)24-19-11-4-12-20-24;1-14-13-18(21)20(17-11-7-4-8-12-17)15(2)19(14)16-9-5-3-6-10-16/h1-20H;13,16-17H,3-12,21H2,1-2H3/q-1;/p+1. The van der Waals surface area contributed by atoms with Crippen LogP contribution in [0.1, 0.15) is 98.3 Å². The Hall–Kier alpha value is -3.41. The van der Waals surface area contributed by atoms with Gasteiger partial charge in [0.1, 0.15) is 6.15 Å². The van der Waals surface area contributed by atoms with E-state index in [4.69, 9.17) is 0 Å². The lowest BCUT2D eigenvalue weighted by atomic mass is 9.13. The zero-order valence-corrected chi connectivity index (χ0v) is 29.5. The summed E-state index contributed by atoms with van der Waals surface area (Å²) in [5, 5.41) is 1.59. The zero-order valence-electron chi connectivity index (χ0n) is 28.1. The number of aryl methyl sites for hydroxylation is 1. The van der Waals surface area contributed by atoms with Crippen LogP contribution in [0.5, 0.6) is 0 Å². The summed E-state index contributed by atoms with van der Waals surface area (Å²) in [6.45, 7) is 4.80. The lowest BCUT2D eigenvalue weighted by molar-refractivity contribution is 0.433. The molecule has 0 spiro atoms. The third kappa shape index (κ3) is 6.82. The van der Waals surface area contributed by atoms with E-state index in [0.717, 1.165) is 11.8 Å². The summed E-state index contributed by atoms with van der Waals surface area (Å²) in [5.41, 5.74) is 12.1. The number of rotatable bonds is 6. The summed E-state index contributed by atoms with van der Waals surface area (Å²) in [6.07, 6.45) is 13.2. The molecule has 0 amide bonds. The van der Waals surface area contributed by atoms with Crippen LogP contribution in [0.25, 0.3) is 0 Å². The number of benzene rings is 5. The molecule has 0 bridgehead atoms. The molecule has 0 radical (unpaired) electrons. The SMILES string of the molecule is Cc1cc([PH3+])c(C2CCCCC2)c(C)c1C1CCCCC1.c1ccc([B-](c2ccccc2)(c2ccccc2)c2ccccc2)cc1. The highest BCUT2D eigenvalue weighted by atomic mass is 31.0. The zero-order chi connectivity index (χ0) is 31.8. The van der Waals surface area contributed by atoms with Crippen molar-refractivity contribution in [1.82, 2.24) is 0 Å². The van der Waals surface area contributed by atoms with E-state index in [1.165, 1.54) is 86.1 Å². The molecule has 1 atom stereocenters. The van der Waals surface area contributed by atoms with Crippen molar-refractivity contribution in [2.24, 2.45) is 0 Å². The van der Waals surface area contributed by atoms with Crippen LogP contribution < -0.4 is 27.2 Å². The molecule has 2 aliphatic rings. The van der Waals surface area contributed by atoms with Crippen LogP contribution >= 0.6 is 9.24 Å². The molecule has 0 aromatic heterocycles. The Balaban J connectivity index is 0.000000164. The largest absolute Gasteiger partial charge is 0.195 e. The Morgan fingerprint density at radius 3 is 1.13 bits per heavy atom. The Bertz CT molecular complexity index is 1450. The molecule has 5 aromatic rings. The van der Waals surface area contributed by atoms with Gasteiger partial charge in [-0.05, 0) is 74.1 Å². The molecule has 0 saturated heterocycles. The lowest BCUT2D eigenvalue weighted by Crippen LogP contribution is -2.74. The Kier molecular flexibility index (Phi) is 10.9. The quantitative estimate of drug-likeness (QED) is 0.131. The Labute approximate surface area is 281 Å². The van der Waals surface area contributed by atoms with Crippen LogP contribution in [0.15, 0.2) is 127 Å². The number of hydrogen-bond donors (Lipinski definition) is 0. The molecular weight excluding hydrogens is 570 g/mol. The molecule has 2 saturated carbocycles. The summed E-state index contributed by atoms with van der Waals surface area (Å²) >= 11 is 0. The molecule has 2 fully saturated rings. The van der Waals surface area contributed by atoms with E-state index in [9.17, 15) is 0 Å². The van der Waals surface area contributed by atoms with Gasteiger partial charge in [0.25, 0.3) is 0 Å². The minimum atomic E-state index is -1.22. The predicted octanol–water partition coefficient (Wildman–Crippen LogP) is 8.70. The van der Waals surface area contributed by atoms with Crippen LogP contribution in [0.2, 0.25) is 0 Å².